The number of nitrogens with one attached hydrogen (secondary N) is 4. The standard InChI is InChI=1S/C10H16N4O4/c15-7-1-12-9(17)3-14-10(5-18-6-10)4-13-8(16)2-11-7/h14H,1-6H2,(H,11,15)(H,12,17)(H,13,16). The molecule has 0 saturated carbocycles. The second-order valence-corrected chi connectivity index (χ2v) is 4.46. The molecule has 2 heterocycles. The predicted molar refractivity (Wildman–Crippen MR) is 60.6 cm³/mol. The summed E-state index contributed by atoms with van der Waals surface area (Å²) in [5.41, 5.74) is -0.379. The van der Waals surface area contributed by atoms with E-state index >= 15 is 0 Å². The third kappa shape index (κ3) is 3.17. The van der Waals surface area contributed by atoms with Gasteiger partial charge < -0.3 is 20.7 Å². The summed E-state index contributed by atoms with van der Waals surface area (Å²) in [6.07, 6.45) is 0. The lowest BCUT2D eigenvalue weighted by atomic mass is 9.97. The molecule has 8 heteroatoms. The largest absolute Gasteiger partial charge is 0.377 e. The first-order valence-corrected chi connectivity index (χ1v) is 5.73. The summed E-state index contributed by atoms with van der Waals surface area (Å²) in [7, 11) is 0. The van der Waals surface area contributed by atoms with E-state index in [-0.39, 0.29) is 42.9 Å². The van der Waals surface area contributed by atoms with Crippen LogP contribution in [0, 0.1) is 0 Å². The minimum absolute atomic E-state index is 0.0898. The molecule has 0 bridgehead atoms. The fourth-order valence-corrected chi connectivity index (χ4v) is 1.70. The lowest BCUT2D eigenvalue weighted by Crippen LogP contribution is -2.67. The molecule has 2 aliphatic rings. The molecule has 1 spiro atoms. The number of ether oxygens (including phenoxy) is 1. The minimum Gasteiger partial charge on any atom is -0.377 e. The van der Waals surface area contributed by atoms with Crippen molar-refractivity contribution < 1.29 is 19.1 Å². The Labute approximate surface area is 104 Å². The zero-order valence-electron chi connectivity index (χ0n) is 9.88. The van der Waals surface area contributed by atoms with Crippen LogP contribution in [0.5, 0.6) is 0 Å². The van der Waals surface area contributed by atoms with Crippen LogP contribution in [0.4, 0.5) is 0 Å². The van der Waals surface area contributed by atoms with Crippen LogP contribution >= 0.6 is 0 Å². The maximum Gasteiger partial charge on any atom is 0.239 e. The van der Waals surface area contributed by atoms with Crippen molar-refractivity contribution in [2.45, 2.75) is 5.54 Å². The second kappa shape index (κ2) is 5.32. The molecule has 100 valence electrons. The van der Waals surface area contributed by atoms with Crippen LogP contribution in [0.2, 0.25) is 0 Å². The molecule has 0 radical (unpaired) electrons. The van der Waals surface area contributed by atoms with E-state index in [1.54, 1.807) is 0 Å². The Morgan fingerprint density at radius 2 is 1.39 bits per heavy atom. The second-order valence-electron chi connectivity index (χ2n) is 4.46. The molecule has 0 aromatic heterocycles. The molecule has 0 atom stereocenters. The Morgan fingerprint density at radius 3 is 1.94 bits per heavy atom. The Hall–Kier alpha value is -1.67. The number of amides is 3. The van der Waals surface area contributed by atoms with Crippen LogP contribution in [-0.2, 0) is 19.1 Å². The summed E-state index contributed by atoms with van der Waals surface area (Å²) in [6.45, 7) is 1.14. The molecule has 3 amide bonds. The van der Waals surface area contributed by atoms with Crippen molar-refractivity contribution in [3.63, 3.8) is 0 Å². The third-order valence-corrected chi connectivity index (χ3v) is 2.90. The van der Waals surface area contributed by atoms with Crippen LogP contribution < -0.4 is 21.3 Å². The van der Waals surface area contributed by atoms with Crippen molar-refractivity contribution in [3.8, 4) is 0 Å². The highest BCUT2D eigenvalue weighted by Crippen LogP contribution is 2.15. The molecule has 2 aliphatic heterocycles. The van der Waals surface area contributed by atoms with Crippen molar-refractivity contribution in [2.75, 3.05) is 39.4 Å². The average molecular weight is 256 g/mol. The van der Waals surface area contributed by atoms with Gasteiger partial charge in [-0.05, 0) is 0 Å². The van der Waals surface area contributed by atoms with Gasteiger partial charge in [0, 0.05) is 6.54 Å². The van der Waals surface area contributed by atoms with E-state index < -0.39 is 0 Å². The van der Waals surface area contributed by atoms with Crippen molar-refractivity contribution >= 4 is 17.7 Å². The fourth-order valence-electron chi connectivity index (χ4n) is 1.70. The van der Waals surface area contributed by atoms with Crippen LogP contribution in [-0.4, -0.2) is 62.7 Å². The third-order valence-electron chi connectivity index (χ3n) is 2.90. The molecule has 2 fully saturated rings. The summed E-state index contributed by atoms with van der Waals surface area (Å²) < 4.78 is 5.11. The highest BCUT2D eigenvalue weighted by molar-refractivity contribution is 5.88. The lowest BCUT2D eigenvalue weighted by Gasteiger charge is -2.42. The molecule has 2 saturated heterocycles. The molecule has 8 nitrogen and oxygen atoms in total. The van der Waals surface area contributed by atoms with Gasteiger partial charge >= 0.3 is 0 Å². The zero-order chi connectivity index (χ0) is 13.0. The van der Waals surface area contributed by atoms with Crippen LogP contribution in [0.3, 0.4) is 0 Å². The average Bonchev–Trinajstić information content (AvgIpc) is 2.30. The van der Waals surface area contributed by atoms with E-state index in [0.29, 0.717) is 19.8 Å². The first-order valence-electron chi connectivity index (χ1n) is 5.73. The first kappa shape index (κ1) is 12.8. The van der Waals surface area contributed by atoms with Gasteiger partial charge in [-0.1, -0.05) is 0 Å². The number of carbonyl (C=O) groups excluding carboxylic acids is 3. The minimum atomic E-state index is -0.388. The normalized spacial score (nSPS) is 25.0. The smallest absolute Gasteiger partial charge is 0.239 e. The Morgan fingerprint density at radius 1 is 0.833 bits per heavy atom. The number of carbonyl (C=O) groups is 3. The maximum absolute atomic E-state index is 11.5. The SMILES string of the molecule is O=C1CNC(=O)CNC2(CNC(=O)CN1)COC2. The molecule has 18 heavy (non-hydrogen) atoms. The Kier molecular flexibility index (Phi) is 3.78. The molecular formula is C10H16N4O4. The Balaban J connectivity index is 1.95. The quantitative estimate of drug-likeness (QED) is 0.363. The molecule has 2 rings (SSSR count). The Bertz CT molecular complexity index is 339. The van der Waals surface area contributed by atoms with Crippen LogP contribution in [0.1, 0.15) is 0 Å². The fraction of sp³-hybridized carbons (Fsp3) is 0.700. The lowest BCUT2D eigenvalue weighted by molar-refractivity contribution is -0.130. The molecule has 0 aliphatic carbocycles. The highest BCUT2D eigenvalue weighted by Gasteiger charge is 2.38. The molecule has 0 aromatic rings. The summed E-state index contributed by atoms with van der Waals surface area (Å²) in [5, 5.41) is 10.6. The van der Waals surface area contributed by atoms with E-state index in [4.69, 9.17) is 4.74 Å². The van der Waals surface area contributed by atoms with Gasteiger partial charge in [-0.15, -0.1) is 0 Å². The predicted octanol–water partition coefficient (Wildman–Crippen LogP) is -3.29. The van der Waals surface area contributed by atoms with Crippen molar-refractivity contribution in [1.82, 2.24) is 21.3 Å². The number of rotatable bonds is 0. The van der Waals surface area contributed by atoms with Gasteiger partial charge in [0.05, 0.1) is 38.4 Å². The maximum atomic E-state index is 11.5. The summed E-state index contributed by atoms with van der Waals surface area (Å²) >= 11 is 0. The van der Waals surface area contributed by atoms with E-state index in [2.05, 4.69) is 21.3 Å². The number of hydrogen-bond acceptors (Lipinski definition) is 5. The van der Waals surface area contributed by atoms with Crippen molar-refractivity contribution in [1.29, 1.82) is 0 Å². The monoisotopic (exact) mass is 256 g/mol. The topological polar surface area (TPSA) is 109 Å². The van der Waals surface area contributed by atoms with E-state index in [1.807, 2.05) is 0 Å². The van der Waals surface area contributed by atoms with E-state index in [1.165, 1.54) is 0 Å². The highest BCUT2D eigenvalue weighted by atomic mass is 16.5. The summed E-state index contributed by atoms with van der Waals surface area (Å²) in [4.78, 5) is 34.1. The van der Waals surface area contributed by atoms with Gasteiger partial charge in [0.2, 0.25) is 17.7 Å². The van der Waals surface area contributed by atoms with Gasteiger partial charge in [-0.25, -0.2) is 0 Å². The summed E-state index contributed by atoms with van der Waals surface area (Å²) in [5.74, 6) is -0.910. The van der Waals surface area contributed by atoms with Crippen molar-refractivity contribution in [2.24, 2.45) is 0 Å². The van der Waals surface area contributed by atoms with E-state index in [0.717, 1.165) is 0 Å². The summed E-state index contributed by atoms with van der Waals surface area (Å²) in [6, 6.07) is 0. The number of hydrogen-bond donors (Lipinski definition) is 4. The van der Waals surface area contributed by atoms with Crippen LogP contribution in [0.25, 0.3) is 0 Å². The zero-order valence-corrected chi connectivity index (χ0v) is 9.88. The molecule has 0 aromatic carbocycles. The molecule has 4 N–H and O–H groups in total. The molecular weight excluding hydrogens is 240 g/mol. The van der Waals surface area contributed by atoms with Gasteiger partial charge in [-0.2, -0.15) is 0 Å². The van der Waals surface area contributed by atoms with Gasteiger partial charge in [0.15, 0.2) is 0 Å². The van der Waals surface area contributed by atoms with Crippen LogP contribution in [0.15, 0.2) is 0 Å². The van der Waals surface area contributed by atoms with Crippen molar-refractivity contribution in [3.05, 3.63) is 0 Å². The van der Waals surface area contributed by atoms with Gasteiger partial charge in [0.1, 0.15) is 0 Å². The molecule has 0 unspecified atom stereocenters. The first-order chi connectivity index (χ1) is 8.60. The van der Waals surface area contributed by atoms with Gasteiger partial charge in [-0.3, -0.25) is 19.7 Å². The van der Waals surface area contributed by atoms with E-state index in [9.17, 15) is 14.4 Å². The van der Waals surface area contributed by atoms with Gasteiger partial charge in [0.25, 0.3) is 0 Å².